The Morgan fingerprint density at radius 2 is 2.06 bits per heavy atom. The van der Waals surface area contributed by atoms with E-state index in [-0.39, 0.29) is 18.4 Å². The summed E-state index contributed by atoms with van der Waals surface area (Å²) < 4.78 is 5.25. The van der Waals surface area contributed by atoms with Gasteiger partial charge in [0.15, 0.2) is 0 Å². The molecule has 0 spiro atoms. The highest BCUT2D eigenvalue weighted by Crippen LogP contribution is 2.18. The van der Waals surface area contributed by atoms with Gasteiger partial charge in [-0.25, -0.2) is 0 Å². The van der Waals surface area contributed by atoms with Crippen LogP contribution in [-0.2, 0) is 0 Å². The van der Waals surface area contributed by atoms with Crippen LogP contribution in [0.3, 0.4) is 0 Å². The summed E-state index contributed by atoms with van der Waals surface area (Å²) in [5, 5.41) is 0. The van der Waals surface area contributed by atoms with Gasteiger partial charge in [-0.1, -0.05) is 37.3 Å². The maximum Gasteiger partial charge on any atom is 0.126 e. The van der Waals surface area contributed by atoms with Gasteiger partial charge < -0.3 is 10.5 Å². The van der Waals surface area contributed by atoms with Crippen molar-refractivity contribution in [2.45, 2.75) is 25.8 Å². The number of halogens is 1. The third-order valence-electron chi connectivity index (χ3n) is 2.40. The van der Waals surface area contributed by atoms with Crippen molar-refractivity contribution in [1.29, 1.82) is 0 Å². The lowest BCUT2D eigenvalue weighted by atomic mass is 10.1. The molecule has 1 aromatic carbocycles. The molecule has 16 heavy (non-hydrogen) atoms. The first-order valence-electron chi connectivity index (χ1n) is 5.33. The summed E-state index contributed by atoms with van der Waals surface area (Å²) in [6.45, 7) is 2.10. The summed E-state index contributed by atoms with van der Waals surface area (Å²) in [6.07, 6.45) is 6.09. The number of hydrogen-bond donors (Lipinski definition) is 1. The zero-order valence-electron chi connectivity index (χ0n) is 9.85. The molecule has 0 heterocycles. The van der Waals surface area contributed by atoms with Crippen LogP contribution in [0, 0.1) is 0 Å². The quantitative estimate of drug-likeness (QED) is 0.859. The molecule has 90 valence electrons. The van der Waals surface area contributed by atoms with E-state index >= 15 is 0 Å². The lowest BCUT2D eigenvalue weighted by Gasteiger charge is -2.05. The number of benzene rings is 1. The molecule has 3 heteroatoms. The van der Waals surface area contributed by atoms with Crippen molar-refractivity contribution >= 4 is 18.5 Å². The topological polar surface area (TPSA) is 35.2 Å². The van der Waals surface area contributed by atoms with Gasteiger partial charge in [-0.3, -0.25) is 0 Å². The first-order chi connectivity index (χ1) is 7.27. The van der Waals surface area contributed by atoms with E-state index < -0.39 is 0 Å². The van der Waals surface area contributed by atoms with E-state index in [2.05, 4.69) is 19.1 Å². The molecule has 0 aliphatic rings. The minimum Gasteiger partial charge on any atom is -0.496 e. The molecule has 0 aromatic heterocycles. The summed E-state index contributed by atoms with van der Waals surface area (Å²) >= 11 is 0. The Kier molecular flexibility index (Phi) is 7.69. The summed E-state index contributed by atoms with van der Waals surface area (Å²) in [6, 6.07) is 8.22. The van der Waals surface area contributed by atoms with Gasteiger partial charge in [0.25, 0.3) is 0 Å². The minimum absolute atomic E-state index is 0. The van der Waals surface area contributed by atoms with Gasteiger partial charge in [-0.15, -0.1) is 12.4 Å². The predicted octanol–water partition coefficient (Wildman–Crippen LogP) is 3.26. The third kappa shape index (κ3) is 4.69. The lowest BCUT2D eigenvalue weighted by Crippen LogP contribution is -2.16. The van der Waals surface area contributed by atoms with E-state index in [1.165, 1.54) is 0 Å². The van der Waals surface area contributed by atoms with E-state index in [0.717, 1.165) is 24.2 Å². The fourth-order valence-electron chi connectivity index (χ4n) is 1.34. The largest absolute Gasteiger partial charge is 0.496 e. The average Bonchev–Trinajstić information content (AvgIpc) is 2.29. The Labute approximate surface area is 104 Å². The second kappa shape index (κ2) is 8.20. The smallest absolute Gasteiger partial charge is 0.126 e. The van der Waals surface area contributed by atoms with Crippen LogP contribution in [0.1, 0.15) is 25.3 Å². The van der Waals surface area contributed by atoms with Gasteiger partial charge in [-0.2, -0.15) is 0 Å². The van der Waals surface area contributed by atoms with E-state index in [1.54, 1.807) is 7.11 Å². The molecule has 0 aliphatic heterocycles. The third-order valence-corrected chi connectivity index (χ3v) is 2.40. The van der Waals surface area contributed by atoms with Crippen molar-refractivity contribution in [3.05, 3.63) is 35.9 Å². The zero-order chi connectivity index (χ0) is 11.1. The van der Waals surface area contributed by atoms with Gasteiger partial charge >= 0.3 is 0 Å². The fraction of sp³-hybridized carbons (Fsp3) is 0.385. The number of methoxy groups -OCH3 is 1. The molecule has 0 saturated heterocycles. The van der Waals surface area contributed by atoms with Gasteiger partial charge in [-0.05, 0) is 18.9 Å². The Hall–Kier alpha value is -0.990. The SMILES string of the molecule is CCC(N)C/C=C/c1ccccc1OC.Cl. The Bertz CT molecular complexity index is 325. The van der Waals surface area contributed by atoms with E-state index in [9.17, 15) is 0 Å². The van der Waals surface area contributed by atoms with Crippen LogP contribution >= 0.6 is 12.4 Å². The van der Waals surface area contributed by atoms with Crippen molar-refractivity contribution in [2.75, 3.05) is 7.11 Å². The molecule has 0 amide bonds. The van der Waals surface area contributed by atoms with E-state index in [0.29, 0.717) is 0 Å². The number of para-hydroxylation sites is 1. The highest BCUT2D eigenvalue weighted by atomic mass is 35.5. The lowest BCUT2D eigenvalue weighted by molar-refractivity contribution is 0.414. The highest BCUT2D eigenvalue weighted by molar-refractivity contribution is 5.85. The molecular weight excluding hydrogens is 222 g/mol. The maximum absolute atomic E-state index is 5.83. The van der Waals surface area contributed by atoms with Gasteiger partial charge in [0.1, 0.15) is 5.75 Å². The maximum atomic E-state index is 5.83. The standard InChI is InChI=1S/C13H19NO.ClH/c1-3-12(14)9-6-8-11-7-4-5-10-13(11)15-2;/h4-8,10,12H,3,9,14H2,1-2H3;1H/b8-6+;. The van der Waals surface area contributed by atoms with Gasteiger partial charge in [0.2, 0.25) is 0 Å². The van der Waals surface area contributed by atoms with Crippen LogP contribution < -0.4 is 10.5 Å². The first kappa shape index (κ1) is 15.0. The summed E-state index contributed by atoms with van der Waals surface area (Å²) in [4.78, 5) is 0. The number of rotatable bonds is 5. The van der Waals surface area contributed by atoms with Crippen LogP contribution in [0.5, 0.6) is 5.75 Å². The number of hydrogen-bond acceptors (Lipinski definition) is 2. The monoisotopic (exact) mass is 241 g/mol. The first-order valence-corrected chi connectivity index (χ1v) is 5.33. The fourth-order valence-corrected chi connectivity index (χ4v) is 1.34. The second-order valence-corrected chi connectivity index (χ2v) is 3.55. The second-order valence-electron chi connectivity index (χ2n) is 3.55. The van der Waals surface area contributed by atoms with Crippen molar-refractivity contribution in [3.63, 3.8) is 0 Å². The van der Waals surface area contributed by atoms with Crippen LogP contribution in [0.2, 0.25) is 0 Å². The molecule has 2 nitrogen and oxygen atoms in total. The highest BCUT2D eigenvalue weighted by Gasteiger charge is 1.97. The summed E-state index contributed by atoms with van der Waals surface area (Å²) in [5.74, 6) is 0.902. The summed E-state index contributed by atoms with van der Waals surface area (Å²) in [5.41, 5.74) is 6.93. The van der Waals surface area contributed by atoms with Crippen LogP contribution in [-0.4, -0.2) is 13.2 Å². The Balaban J connectivity index is 0.00000225. The molecule has 1 atom stereocenters. The normalized spacial score (nSPS) is 12.2. The van der Waals surface area contributed by atoms with Crippen molar-refractivity contribution < 1.29 is 4.74 Å². The van der Waals surface area contributed by atoms with Crippen molar-refractivity contribution in [2.24, 2.45) is 5.73 Å². The van der Waals surface area contributed by atoms with E-state index in [1.807, 2.05) is 24.3 Å². The molecule has 1 rings (SSSR count). The van der Waals surface area contributed by atoms with Crippen molar-refractivity contribution in [3.8, 4) is 5.75 Å². The average molecular weight is 242 g/mol. The number of ether oxygens (including phenoxy) is 1. The predicted molar refractivity (Wildman–Crippen MR) is 72.2 cm³/mol. The molecule has 0 bridgehead atoms. The van der Waals surface area contributed by atoms with Gasteiger partial charge in [0.05, 0.1) is 7.11 Å². The van der Waals surface area contributed by atoms with Crippen LogP contribution in [0.15, 0.2) is 30.3 Å². The van der Waals surface area contributed by atoms with Gasteiger partial charge in [0, 0.05) is 11.6 Å². The molecular formula is C13H20ClNO. The zero-order valence-corrected chi connectivity index (χ0v) is 10.7. The Morgan fingerprint density at radius 1 is 1.38 bits per heavy atom. The molecule has 2 N–H and O–H groups in total. The summed E-state index contributed by atoms with van der Waals surface area (Å²) in [7, 11) is 1.68. The molecule has 0 saturated carbocycles. The number of nitrogens with two attached hydrogens (primary N) is 1. The van der Waals surface area contributed by atoms with Crippen molar-refractivity contribution in [1.82, 2.24) is 0 Å². The molecule has 0 radical (unpaired) electrons. The Morgan fingerprint density at radius 3 is 2.69 bits per heavy atom. The van der Waals surface area contributed by atoms with E-state index in [4.69, 9.17) is 10.5 Å². The molecule has 0 aliphatic carbocycles. The van der Waals surface area contributed by atoms with Crippen LogP contribution in [0.25, 0.3) is 6.08 Å². The molecule has 1 unspecified atom stereocenters. The minimum atomic E-state index is 0. The molecule has 0 fully saturated rings. The molecule has 1 aromatic rings. The van der Waals surface area contributed by atoms with Crippen LogP contribution in [0.4, 0.5) is 0 Å².